The minimum Gasteiger partial charge on any atom is -0.306 e. The standard InChI is InChI=1S/C9H13N5O/c1-6-2-3-10-7(6)8(15)13-9-11-4-5-12-14-9/h4-7,10H,2-3H2,1H3,(H,11,13,14,15). The average molecular weight is 207 g/mol. The van der Waals surface area contributed by atoms with Crippen LogP contribution < -0.4 is 10.6 Å². The van der Waals surface area contributed by atoms with Crippen molar-refractivity contribution >= 4 is 11.9 Å². The zero-order valence-electron chi connectivity index (χ0n) is 8.47. The Hall–Kier alpha value is -1.56. The summed E-state index contributed by atoms with van der Waals surface area (Å²) in [4.78, 5) is 15.6. The Morgan fingerprint density at radius 1 is 1.60 bits per heavy atom. The lowest BCUT2D eigenvalue weighted by Crippen LogP contribution is -2.39. The molecule has 0 saturated carbocycles. The van der Waals surface area contributed by atoms with Crippen LogP contribution in [0.25, 0.3) is 0 Å². The first-order valence-electron chi connectivity index (χ1n) is 4.95. The van der Waals surface area contributed by atoms with Crippen molar-refractivity contribution in [2.75, 3.05) is 11.9 Å². The van der Waals surface area contributed by atoms with Crippen LogP contribution in [-0.2, 0) is 4.79 Å². The van der Waals surface area contributed by atoms with Crippen molar-refractivity contribution in [3.8, 4) is 0 Å². The molecular weight excluding hydrogens is 194 g/mol. The second-order valence-corrected chi connectivity index (χ2v) is 3.65. The molecular formula is C9H13N5O. The monoisotopic (exact) mass is 207 g/mol. The fourth-order valence-electron chi connectivity index (χ4n) is 1.68. The molecule has 6 nitrogen and oxygen atoms in total. The van der Waals surface area contributed by atoms with Gasteiger partial charge in [-0.1, -0.05) is 6.92 Å². The predicted molar refractivity (Wildman–Crippen MR) is 54.0 cm³/mol. The van der Waals surface area contributed by atoms with Crippen molar-refractivity contribution < 1.29 is 4.79 Å². The van der Waals surface area contributed by atoms with E-state index in [0.717, 1.165) is 13.0 Å². The number of carbonyl (C=O) groups excluding carboxylic acids is 1. The number of carbonyl (C=O) groups is 1. The third kappa shape index (κ3) is 2.27. The Labute approximate surface area is 87.5 Å². The normalized spacial score (nSPS) is 25.1. The van der Waals surface area contributed by atoms with Crippen LogP contribution in [0.5, 0.6) is 0 Å². The summed E-state index contributed by atoms with van der Waals surface area (Å²) in [6.07, 6.45) is 3.98. The second-order valence-electron chi connectivity index (χ2n) is 3.65. The molecule has 2 unspecified atom stereocenters. The SMILES string of the molecule is CC1CCNC1C(=O)Nc1nccnn1. The summed E-state index contributed by atoms with van der Waals surface area (Å²) in [5.74, 6) is 0.512. The van der Waals surface area contributed by atoms with Gasteiger partial charge in [-0.05, 0) is 18.9 Å². The molecule has 1 aromatic heterocycles. The Bertz CT molecular complexity index is 342. The average Bonchev–Trinajstić information content (AvgIpc) is 2.66. The van der Waals surface area contributed by atoms with Crippen molar-refractivity contribution in [3.05, 3.63) is 12.4 Å². The van der Waals surface area contributed by atoms with Crippen molar-refractivity contribution in [1.82, 2.24) is 20.5 Å². The lowest BCUT2D eigenvalue weighted by molar-refractivity contribution is -0.118. The van der Waals surface area contributed by atoms with Gasteiger partial charge in [0.25, 0.3) is 0 Å². The van der Waals surface area contributed by atoms with Crippen LogP contribution in [0.2, 0.25) is 0 Å². The van der Waals surface area contributed by atoms with Crippen LogP contribution in [0, 0.1) is 5.92 Å². The molecule has 2 N–H and O–H groups in total. The number of hydrogen-bond donors (Lipinski definition) is 2. The van der Waals surface area contributed by atoms with Gasteiger partial charge in [0.2, 0.25) is 11.9 Å². The molecule has 0 aliphatic carbocycles. The summed E-state index contributed by atoms with van der Waals surface area (Å²) in [6, 6.07) is -0.145. The third-order valence-corrected chi connectivity index (χ3v) is 2.53. The summed E-state index contributed by atoms with van der Waals surface area (Å²) in [5, 5.41) is 13.1. The quantitative estimate of drug-likeness (QED) is 0.702. The molecule has 15 heavy (non-hydrogen) atoms. The van der Waals surface area contributed by atoms with E-state index < -0.39 is 0 Å². The van der Waals surface area contributed by atoms with Crippen molar-refractivity contribution in [2.24, 2.45) is 5.92 Å². The van der Waals surface area contributed by atoms with Gasteiger partial charge in [-0.3, -0.25) is 10.1 Å². The molecule has 2 atom stereocenters. The number of rotatable bonds is 2. The van der Waals surface area contributed by atoms with E-state index in [9.17, 15) is 4.79 Å². The molecule has 1 fully saturated rings. The second kappa shape index (κ2) is 4.31. The first kappa shape index (κ1) is 9.97. The number of nitrogens with zero attached hydrogens (tertiary/aromatic N) is 3. The van der Waals surface area contributed by atoms with E-state index in [1.807, 2.05) is 6.92 Å². The highest BCUT2D eigenvalue weighted by atomic mass is 16.2. The molecule has 1 aliphatic rings. The highest BCUT2D eigenvalue weighted by Gasteiger charge is 2.29. The molecule has 2 heterocycles. The van der Waals surface area contributed by atoms with Gasteiger partial charge in [-0.15, -0.1) is 5.10 Å². The maximum atomic E-state index is 11.7. The smallest absolute Gasteiger partial charge is 0.249 e. The molecule has 1 aromatic rings. The van der Waals surface area contributed by atoms with Crippen molar-refractivity contribution in [1.29, 1.82) is 0 Å². The molecule has 0 aromatic carbocycles. The van der Waals surface area contributed by atoms with Gasteiger partial charge in [-0.25, -0.2) is 4.98 Å². The van der Waals surface area contributed by atoms with Gasteiger partial charge in [0.15, 0.2) is 0 Å². The third-order valence-electron chi connectivity index (χ3n) is 2.53. The van der Waals surface area contributed by atoms with Gasteiger partial charge in [0.05, 0.1) is 18.4 Å². The summed E-state index contributed by atoms with van der Waals surface area (Å²) in [6.45, 7) is 2.93. The van der Waals surface area contributed by atoms with Crippen LogP contribution in [0.15, 0.2) is 12.4 Å². The van der Waals surface area contributed by atoms with Crippen LogP contribution in [0.1, 0.15) is 13.3 Å². The van der Waals surface area contributed by atoms with Gasteiger partial charge in [0.1, 0.15) is 0 Å². The number of aromatic nitrogens is 3. The molecule has 0 spiro atoms. The van der Waals surface area contributed by atoms with Gasteiger partial charge in [-0.2, -0.15) is 5.10 Å². The predicted octanol–water partition coefficient (Wildman–Crippen LogP) is -0.192. The van der Waals surface area contributed by atoms with Crippen molar-refractivity contribution in [2.45, 2.75) is 19.4 Å². The lowest BCUT2D eigenvalue weighted by Gasteiger charge is -2.13. The molecule has 0 radical (unpaired) electrons. The van der Waals surface area contributed by atoms with E-state index in [0.29, 0.717) is 5.92 Å². The summed E-state index contributed by atoms with van der Waals surface area (Å²) >= 11 is 0. The summed E-state index contributed by atoms with van der Waals surface area (Å²) in [5.41, 5.74) is 0. The molecule has 0 bridgehead atoms. The number of hydrogen-bond acceptors (Lipinski definition) is 5. The molecule has 1 saturated heterocycles. The van der Waals surface area contributed by atoms with E-state index in [2.05, 4.69) is 25.8 Å². The van der Waals surface area contributed by atoms with Gasteiger partial charge in [0, 0.05) is 0 Å². The number of anilines is 1. The lowest BCUT2D eigenvalue weighted by atomic mass is 10.0. The topological polar surface area (TPSA) is 79.8 Å². The summed E-state index contributed by atoms with van der Waals surface area (Å²) < 4.78 is 0. The zero-order chi connectivity index (χ0) is 10.7. The molecule has 1 aliphatic heterocycles. The van der Waals surface area contributed by atoms with E-state index in [4.69, 9.17) is 0 Å². The van der Waals surface area contributed by atoms with E-state index in [1.54, 1.807) is 0 Å². The maximum absolute atomic E-state index is 11.7. The largest absolute Gasteiger partial charge is 0.306 e. The zero-order valence-corrected chi connectivity index (χ0v) is 8.47. The Morgan fingerprint density at radius 3 is 3.07 bits per heavy atom. The fraction of sp³-hybridized carbons (Fsp3) is 0.556. The van der Waals surface area contributed by atoms with Gasteiger partial charge >= 0.3 is 0 Å². The molecule has 80 valence electrons. The van der Waals surface area contributed by atoms with Crippen LogP contribution in [0.3, 0.4) is 0 Å². The Balaban J connectivity index is 1.98. The van der Waals surface area contributed by atoms with Crippen LogP contribution >= 0.6 is 0 Å². The van der Waals surface area contributed by atoms with Crippen LogP contribution in [-0.4, -0.2) is 33.7 Å². The summed E-state index contributed by atoms with van der Waals surface area (Å²) in [7, 11) is 0. The molecule has 2 rings (SSSR count). The highest BCUT2D eigenvalue weighted by molar-refractivity contribution is 5.93. The highest BCUT2D eigenvalue weighted by Crippen LogP contribution is 2.15. The van der Waals surface area contributed by atoms with E-state index in [1.165, 1.54) is 12.4 Å². The van der Waals surface area contributed by atoms with E-state index in [-0.39, 0.29) is 17.9 Å². The number of amides is 1. The minimum absolute atomic E-state index is 0.0898. The molecule has 6 heteroatoms. The Morgan fingerprint density at radius 2 is 2.47 bits per heavy atom. The van der Waals surface area contributed by atoms with Crippen molar-refractivity contribution in [3.63, 3.8) is 0 Å². The van der Waals surface area contributed by atoms with Gasteiger partial charge < -0.3 is 5.32 Å². The minimum atomic E-state index is -0.145. The first-order valence-corrected chi connectivity index (χ1v) is 4.95. The first-order chi connectivity index (χ1) is 7.27. The Kier molecular flexibility index (Phi) is 2.86. The molecule has 1 amide bonds. The van der Waals surface area contributed by atoms with E-state index >= 15 is 0 Å². The number of nitrogens with one attached hydrogen (secondary N) is 2. The fourth-order valence-corrected chi connectivity index (χ4v) is 1.68. The van der Waals surface area contributed by atoms with Crippen LogP contribution in [0.4, 0.5) is 5.95 Å². The maximum Gasteiger partial charge on any atom is 0.249 e.